The first-order valence-corrected chi connectivity index (χ1v) is 10.1. The predicted molar refractivity (Wildman–Crippen MR) is 137 cm³/mol. The number of hydrogen-bond donors (Lipinski definition) is 0. The van der Waals surface area contributed by atoms with Crippen LogP contribution in [0.5, 0.6) is 0 Å². The van der Waals surface area contributed by atoms with Gasteiger partial charge >= 0.3 is 29.8 Å². The molecular formula is C25H27N5O10-2. The Balaban J connectivity index is -0.000000231. The molecule has 0 aromatic heterocycles. The molecule has 0 saturated carbocycles. The number of carbonyl (C=O) groups excluding carboxylic acids is 5. The minimum Gasteiger partial charge on any atom is -0.763 e. The van der Waals surface area contributed by atoms with Gasteiger partial charge in [-0.15, -0.1) is 0 Å². The van der Waals surface area contributed by atoms with Crippen molar-refractivity contribution >= 4 is 41.6 Å². The lowest BCUT2D eigenvalue weighted by Crippen LogP contribution is -2.29. The van der Waals surface area contributed by atoms with Gasteiger partial charge in [-0.3, -0.25) is 16.5 Å². The van der Waals surface area contributed by atoms with Gasteiger partial charge in [-0.2, -0.15) is 15.8 Å². The number of ether oxygens (including phenoxy) is 5. The first-order valence-electron chi connectivity index (χ1n) is 10.1. The van der Waals surface area contributed by atoms with Crippen LogP contribution in [0.1, 0.15) is 20.3 Å². The van der Waals surface area contributed by atoms with Crippen LogP contribution in [0.2, 0.25) is 0 Å². The topological polar surface area (TPSA) is 247 Å². The zero-order valence-corrected chi connectivity index (χ0v) is 22.9. The molecule has 0 radical (unpaired) electrons. The molecule has 1 atom stereocenters. The monoisotopic (exact) mass is 557 g/mol. The fraction of sp³-hybridized carbons (Fsp3) is 0.360. The summed E-state index contributed by atoms with van der Waals surface area (Å²) < 4.78 is 21.3. The maximum atomic E-state index is 11.3. The second kappa shape index (κ2) is 23.6. The average molecular weight is 558 g/mol. The summed E-state index contributed by atoms with van der Waals surface area (Å²) in [7, 11) is 5.88. The standard InChI is InChI=1S/C10H11N2O4.C5H6NO2.2C5H5NO2/c1-10(6-12,9(14)16-3)4-7(5-11)8(13)15-2;3*1-4(3-6)5(7)8-2/h4H2,1-3H3;1-2H3;2*1H2,2H3/q2*-1;;. The van der Waals surface area contributed by atoms with Gasteiger partial charge in [0, 0.05) is 6.42 Å². The molecule has 0 rings (SSSR count). The Bertz CT molecular complexity index is 1170. The van der Waals surface area contributed by atoms with Crippen LogP contribution in [0, 0.1) is 39.4 Å². The lowest BCUT2D eigenvalue weighted by Gasteiger charge is -2.18. The fourth-order valence-electron chi connectivity index (χ4n) is 1.55. The number of hydrogen-bond acceptors (Lipinski definition) is 13. The number of rotatable bonds is 7. The number of nitriles is 3. The summed E-state index contributed by atoms with van der Waals surface area (Å²) in [5.41, 5.74) is -2.13. The van der Waals surface area contributed by atoms with E-state index in [0.29, 0.717) is 0 Å². The second-order valence-corrected chi connectivity index (χ2v) is 6.59. The summed E-state index contributed by atoms with van der Waals surface area (Å²) in [4.78, 5) is 53.1. The van der Waals surface area contributed by atoms with Gasteiger partial charge in [0.2, 0.25) is 0 Å². The quantitative estimate of drug-likeness (QED) is 0.141. The highest BCUT2D eigenvalue weighted by Crippen LogP contribution is 2.26. The smallest absolute Gasteiger partial charge is 0.347 e. The highest BCUT2D eigenvalue weighted by atomic mass is 16.5. The van der Waals surface area contributed by atoms with Crippen molar-refractivity contribution in [2.45, 2.75) is 20.3 Å². The Morgan fingerprint density at radius 3 is 1.25 bits per heavy atom. The molecule has 15 nitrogen and oxygen atoms in total. The van der Waals surface area contributed by atoms with E-state index in [1.165, 1.54) is 35.2 Å². The van der Waals surface area contributed by atoms with E-state index in [-0.39, 0.29) is 28.7 Å². The van der Waals surface area contributed by atoms with Crippen LogP contribution in [-0.4, -0.2) is 77.1 Å². The zero-order chi connectivity index (χ0) is 32.5. The summed E-state index contributed by atoms with van der Waals surface area (Å²) in [6.07, 6.45) is -0.334. The summed E-state index contributed by atoms with van der Waals surface area (Å²) in [6, 6.07) is 4.81. The third-order valence-electron chi connectivity index (χ3n) is 3.77. The lowest BCUT2D eigenvalue weighted by atomic mass is 9.85. The molecular weight excluding hydrogens is 530 g/mol. The molecule has 0 spiro atoms. The normalized spacial score (nSPS) is 9.30. The molecule has 0 N–H and O–H groups in total. The van der Waals surface area contributed by atoms with Crippen molar-refractivity contribution in [1.82, 2.24) is 0 Å². The van der Waals surface area contributed by atoms with Crippen LogP contribution < -0.4 is 0 Å². The van der Waals surface area contributed by atoms with Crippen molar-refractivity contribution in [3.8, 4) is 18.2 Å². The Hall–Kier alpha value is -5.80. The van der Waals surface area contributed by atoms with Gasteiger partial charge < -0.3 is 34.5 Å². The van der Waals surface area contributed by atoms with E-state index in [9.17, 15) is 24.0 Å². The van der Waals surface area contributed by atoms with Crippen LogP contribution in [0.3, 0.4) is 0 Å². The first kappa shape index (κ1) is 41.3. The van der Waals surface area contributed by atoms with Gasteiger partial charge in [-0.05, 0) is 13.8 Å². The van der Waals surface area contributed by atoms with Crippen molar-refractivity contribution < 1.29 is 47.7 Å². The fourth-order valence-corrected chi connectivity index (χ4v) is 1.55. The molecule has 15 heteroatoms. The van der Waals surface area contributed by atoms with E-state index in [1.54, 1.807) is 29.9 Å². The molecule has 0 aliphatic rings. The first-order chi connectivity index (χ1) is 18.6. The summed E-state index contributed by atoms with van der Waals surface area (Å²) >= 11 is 0. The van der Waals surface area contributed by atoms with Crippen LogP contribution in [0.4, 0.5) is 0 Å². The summed E-state index contributed by atoms with van der Waals surface area (Å²) in [5.74, 6) is -0.300. The van der Waals surface area contributed by atoms with Crippen LogP contribution in [0.25, 0.3) is 10.8 Å². The third-order valence-corrected chi connectivity index (χ3v) is 3.77. The number of methoxy groups -OCH3 is 5. The van der Waals surface area contributed by atoms with Gasteiger partial charge in [-0.1, -0.05) is 13.2 Å². The van der Waals surface area contributed by atoms with Crippen molar-refractivity contribution in [2.75, 3.05) is 35.5 Å². The Morgan fingerprint density at radius 1 is 0.700 bits per heavy atom. The minimum atomic E-state index is -1.56. The maximum Gasteiger partial charge on any atom is 0.347 e. The maximum absolute atomic E-state index is 11.3. The van der Waals surface area contributed by atoms with E-state index in [1.807, 2.05) is 0 Å². The van der Waals surface area contributed by atoms with Crippen LogP contribution in [-0.2, 0) is 47.7 Å². The van der Waals surface area contributed by atoms with Crippen LogP contribution in [0.15, 0.2) is 35.5 Å². The SMILES string of the molecule is C=C(C#N)C(=O)OC.C=C(C#N)C(=O)OC.COC(=O)C(=C=[N-])CC(C)(C#N)C(=O)OC.COC(=O)C(C)=C=[N-]. The molecule has 0 aliphatic carbocycles. The largest absolute Gasteiger partial charge is 0.763 e. The summed E-state index contributed by atoms with van der Waals surface area (Å²) in [6.45, 7) is 8.92. The summed E-state index contributed by atoms with van der Waals surface area (Å²) in [5, 5.41) is 41.6. The van der Waals surface area contributed by atoms with E-state index in [4.69, 9.17) is 26.6 Å². The van der Waals surface area contributed by atoms with E-state index < -0.39 is 35.3 Å². The van der Waals surface area contributed by atoms with Gasteiger partial charge in [-0.25, -0.2) is 19.2 Å². The number of esters is 5. The molecule has 1 unspecified atom stereocenters. The number of nitrogens with zero attached hydrogens (tertiary/aromatic N) is 5. The predicted octanol–water partition coefficient (Wildman–Crippen LogP) is 1.24. The van der Waals surface area contributed by atoms with Crippen molar-refractivity contribution in [3.63, 3.8) is 0 Å². The molecule has 214 valence electrons. The molecule has 0 amide bonds. The van der Waals surface area contributed by atoms with Gasteiger partial charge in [0.15, 0.2) is 5.41 Å². The highest BCUT2D eigenvalue weighted by molar-refractivity contribution is 5.99. The molecule has 40 heavy (non-hydrogen) atoms. The Morgan fingerprint density at radius 2 is 1.07 bits per heavy atom. The second-order valence-electron chi connectivity index (χ2n) is 6.59. The van der Waals surface area contributed by atoms with E-state index in [0.717, 1.165) is 14.2 Å². The molecule has 0 heterocycles. The Labute approximate surface area is 231 Å². The van der Waals surface area contributed by atoms with Gasteiger partial charge in [0.05, 0.1) is 52.8 Å². The molecule has 0 aromatic rings. The Kier molecular flexibility index (Phi) is 24.4. The minimum absolute atomic E-state index is 0.0764. The average Bonchev–Trinajstić information content (AvgIpc) is 3.00. The molecule has 0 aliphatic heterocycles. The van der Waals surface area contributed by atoms with Crippen molar-refractivity contribution in [2.24, 2.45) is 5.41 Å². The van der Waals surface area contributed by atoms with Gasteiger partial charge in [0.25, 0.3) is 0 Å². The number of carbonyl (C=O) groups is 5. The highest BCUT2D eigenvalue weighted by Gasteiger charge is 2.37. The third kappa shape index (κ3) is 17.6. The van der Waals surface area contributed by atoms with Crippen molar-refractivity contribution in [1.29, 1.82) is 15.8 Å². The molecule has 0 aromatic carbocycles. The molecule has 0 fully saturated rings. The van der Waals surface area contributed by atoms with Crippen molar-refractivity contribution in [3.05, 3.63) is 46.3 Å². The zero-order valence-electron chi connectivity index (χ0n) is 22.9. The van der Waals surface area contributed by atoms with E-state index in [2.05, 4.69) is 36.8 Å². The molecule has 0 bridgehead atoms. The van der Waals surface area contributed by atoms with Crippen LogP contribution >= 0.6 is 0 Å². The molecule has 0 saturated heterocycles. The lowest BCUT2D eigenvalue weighted by molar-refractivity contribution is -0.148. The van der Waals surface area contributed by atoms with Gasteiger partial charge in [0.1, 0.15) is 23.3 Å². The van der Waals surface area contributed by atoms with E-state index >= 15 is 0 Å².